The van der Waals surface area contributed by atoms with E-state index in [0.29, 0.717) is 26.1 Å². The SMILES string of the molecule is CS(=O)(=O)NCCCNCc1ccc(C(F)F)cc1. The first-order valence-corrected chi connectivity index (χ1v) is 7.80. The molecule has 0 aliphatic carbocycles. The molecule has 0 fully saturated rings. The molecule has 0 saturated heterocycles. The summed E-state index contributed by atoms with van der Waals surface area (Å²) in [6.45, 7) is 1.61. The van der Waals surface area contributed by atoms with Crippen molar-refractivity contribution in [2.24, 2.45) is 0 Å². The van der Waals surface area contributed by atoms with Gasteiger partial charge in [0.05, 0.1) is 6.26 Å². The minimum Gasteiger partial charge on any atom is -0.313 e. The molecule has 1 aromatic carbocycles. The third-order valence-corrected chi connectivity index (χ3v) is 3.18. The summed E-state index contributed by atoms with van der Waals surface area (Å²) in [5, 5.41) is 3.11. The number of rotatable bonds is 8. The Kier molecular flexibility index (Phi) is 6.33. The molecule has 1 aromatic rings. The first-order chi connectivity index (χ1) is 8.88. The third-order valence-electron chi connectivity index (χ3n) is 2.46. The molecule has 0 aliphatic rings. The molecule has 7 heteroatoms. The Morgan fingerprint density at radius 3 is 2.32 bits per heavy atom. The summed E-state index contributed by atoms with van der Waals surface area (Å²) in [7, 11) is -3.13. The Balaban J connectivity index is 2.19. The number of halogens is 2. The molecular weight excluding hydrogens is 274 g/mol. The van der Waals surface area contributed by atoms with Gasteiger partial charge < -0.3 is 5.32 Å². The normalized spacial score (nSPS) is 12.0. The molecule has 0 heterocycles. The average molecular weight is 292 g/mol. The average Bonchev–Trinajstić information content (AvgIpc) is 2.33. The zero-order chi connectivity index (χ0) is 14.3. The third kappa shape index (κ3) is 7.19. The number of nitrogens with one attached hydrogen (secondary N) is 2. The van der Waals surface area contributed by atoms with Gasteiger partial charge in [-0.05, 0) is 18.5 Å². The standard InChI is InChI=1S/C12H18F2N2O2S/c1-19(17,18)16-8-2-7-15-9-10-3-5-11(6-4-10)12(13)14/h3-6,12,15-16H,2,7-9H2,1H3. The highest BCUT2D eigenvalue weighted by Gasteiger charge is 2.05. The van der Waals surface area contributed by atoms with Gasteiger partial charge in [-0.2, -0.15) is 0 Å². The van der Waals surface area contributed by atoms with E-state index in [1.807, 2.05) is 0 Å². The summed E-state index contributed by atoms with van der Waals surface area (Å²) < 4.78 is 48.6. The minimum absolute atomic E-state index is 0.0149. The molecular formula is C12H18F2N2O2S. The Bertz CT molecular complexity index is 475. The second-order valence-electron chi connectivity index (χ2n) is 4.24. The van der Waals surface area contributed by atoms with Gasteiger partial charge in [0.2, 0.25) is 10.0 Å². The highest BCUT2D eigenvalue weighted by Crippen LogP contribution is 2.18. The van der Waals surface area contributed by atoms with Crippen LogP contribution in [0.2, 0.25) is 0 Å². The second-order valence-corrected chi connectivity index (χ2v) is 6.07. The largest absolute Gasteiger partial charge is 0.313 e. The lowest BCUT2D eigenvalue weighted by Crippen LogP contribution is -2.26. The maximum absolute atomic E-state index is 12.3. The summed E-state index contributed by atoms with van der Waals surface area (Å²) in [4.78, 5) is 0. The molecule has 0 saturated carbocycles. The fraction of sp³-hybridized carbons (Fsp3) is 0.500. The van der Waals surface area contributed by atoms with Crippen LogP contribution in [-0.2, 0) is 16.6 Å². The predicted molar refractivity (Wildman–Crippen MR) is 70.6 cm³/mol. The zero-order valence-electron chi connectivity index (χ0n) is 10.7. The molecule has 0 spiro atoms. The smallest absolute Gasteiger partial charge is 0.263 e. The summed E-state index contributed by atoms with van der Waals surface area (Å²) >= 11 is 0. The van der Waals surface area contributed by atoms with E-state index in [-0.39, 0.29) is 5.56 Å². The van der Waals surface area contributed by atoms with Gasteiger partial charge in [0, 0.05) is 18.7 Å². The van der Waals surface area contributed by atoms with E-state index in [1.54, 1.807) is 12.1 Å². The van der Waals surface area contributed by atoms with Crippen molar-refractivity contribution in [1.82, 2.24) is 10.0 Å². The molecule has 0 bridgehead atoms. The van der Waals surface area contributed by atoms with E-state index < -0.39 is 16.4 Å². The van der Waals surface area contributed by atoms with Crippen LogP contribution in [0, 0.1) is 0 Å². The lowest BCUT2D eigenvalue weighted by molar-refractivity contribution is 0.151. The quantitative estimate of drug-likeness (QED) is 0.716. The van der Waals surface area contributed by atoms with Crippen LogP contribution in [-0.4, -0.2) is 27.8 Å². The van der Waals surface area contributed by atoms with Crippen molar-refractivity contribution in [1.29, 1.82) is 0 Å². The van der Waals surface area contributed by atoms with E-state index >= 15 is 0 Å². The van der Waals surface area contributed by atoms with Crippen LogP contribution < -0.4 is 10.0 Å². The van der Waals surface area contributed by atoms with Crippen LogP contribution in [0.4, 0.5) is 8.78 Å². The topological polar surface area (TPSA) is 58.2 Å². The van der Waals surface area contributed by atoms with Gasteiger partial charge in [0.15, 0.2) is 0 Å². The molecule has 108 valence electrons. The number of alkyl halides is 2. The van der Waals surface area contributed by atoms with Gasteiger partial charge in [-0.15, -0.1) is 0 Å². The number of hydrogen-bond donors (Lipinski definition) is 2. The van der Waals surface area contributed by atoms with Gasteiger partial charge in [-0.3, -0.25) is 0 Å². The lowest BCUT2D eigenvalue weighted by Gasteiger charge is -2.06. The molecule has 19 heavy (non-hydrogen) atoms. The zero-order valence-corrected chi connectivity index (χ0v) is 11.5. The molecule has 4 nitrogen and oxygen atoms in total. The number of benzene rings is 1. The van der Waals surface area contributed by atoms with Gasteiger partial charge in [-0.1, -0.05) is 24.3 Å². The molecule has 0 aromatic heterocycles. The van der Waals surface area contributed by atoms with E-state index in [0.717, 1.165) is 11.8 Å². The molecule has 0 aliphatic heterocycles. The summed E-state index contributed by atoms with van der Waals surface area (Å²) in [6, 6.07) is 6.13. The van der Waals surface area contributed by atoms with Gasteiger partial charge >= 0.3 is 0 Å². The van der Waals surface area contributed by atoms with Crippen molar-refractivity contribution in [3.63, 3.8) is 0 Å². The van der Waals surface area contributed by atoms with Crippen molar-refractivity contribution < 1.29 is 17.2 Å². The van der Waals surface area contributed by atoms with Crippen LogP contribution in [0.5, 0.6) is 0 Å². The van der Waals surface area contributed by atoms with Crippen LogP contribution in [0.3, 0.4) is 0 Å². The number of hydrogen-bond acceptors (Lipinski definition) is 3. The monoisotopic (exact) mass is 292 g/mol. The summed E-state index contributed by atoms with van der Waals surface area (Å²) in [5.41, 5.74) is 0.932. The molecule has 0 amide bonds. The van der Waals surface area contributed by atoms with Crippen molar-refractivity contribution >= 4 is 10.0 Å². The van der Waals surface area contributed by atoms with Crippen molar-refractivity contribution in [3.8, 4) is 0 Å². The van der Waals surface area contributed by atoms with Gasteiger partial charge in [0.1, 0.15) is 0 Å². The van der Waals surface area contributed by atoms with E-state index in [9.17, 15) is 17.2 Å². The predicted octanol–water partition coefficient (Wildman–Crippen LogP) is 1.65. The minimum atomic E-state index is -3.13. The maximum Gasteiger partial charge on any atom is 0.263 e. The molecule has 2 N–H and O–H groups in total. The van der Waals surface area contributed by atoms with Crippen LogP contribution in [0.25, 0.3) is 0 Å². The van der Waals surface area contributed by atoms with Gasteiger partial charge in [-0.25, -0.2) is 21.9 Å². The Labute approximate surface area is 112 Å². The summed E-state index contributed by atoms with van der Waals surface area (Å²) in [6.07, 6.45) is -0.656. The van der Waals surface area contributed by atoms with E-state index in [4.69, 9.17) is 0 Å². The Morgan fingerprint density at radius 2 is 1.79 bits per heavy atom. The van der Waals surface area contributed by atoms with Crippen LogP contribution in [0.1, 0.15) is 24.0 Å². The molecule has 0 radical (unpaired) electrons. The fourth-order valence-electron chi connectivity index (χ4n) is 1.48. The van der Waals surface area contributed by atoms with E-state index in [2.05, 4.69) is 10.0 Å². The highest BCUT2D eigenvalue weighted by atomic mass is 32.2. The summed E-state index contributed by atoms with van der Waals surface area (Å²) in [5.74, 6) is 0. The first kappa shape index (κ1) is 16.0. The second kappa shape index (κ2) is 7.52. The van der Waals surface area contributed by atoms with Crippen molar-refractivity contribution in [2.45, 2.75) is 19.4 Å². The van der Waals surface area contributed by atoms with Crippen LogP contribution >= 0.6 is 0 Å². The van der Waals surface area contributed by atoms with Crippen molar-refractivity contribution in [2.75, 3.05) is 19.3 Å². The lowest BCUT2D eigenvalue weighted by atomic mass is 10.1. The Hall–Kier alpha value is -1.05. The maximum atomic E-state index is 12.3. The Morgan fingerprint density at radius 1 is 1.16 bits per heavy atom. The molecule has 1 rings (SSSR count). The fourth-order valence-corrected chi connectivity index (χ4v) is 2.00. The van der Waals surface area contributed by atoms with Crippen LogP contribution in [0.15, 0.2) is 24.3 Å². The van der Waals surface area contributed by atoms with Gasteiger partial charge in [0.25, 0.3) is 6.43 Å². The number of sulfonamides is 1. The van der Waals surface area contributed by atoms with E-state index in [1.165, 1.54) is 12.1 Å². The first-order valence-electron chi connectivity index (χ1n) is 5.91. The molecule has 0 unspecified atom stereocenters. The highest BCUT2D eigenvalue weighted by molar-refractivity contribution is 7.88. The molecule has 0 atom stereocenters. The van der Waals surface area contributed by atoms with Crippen molar-refractivity contribution in [3.05, 3.63) is 35.4 Å².